The fourth-order valence-electron chi connectivity index (χ4n) is 2.57. The molecule has 1 aliphatic heterocycles. The van der Waals surface area contributed by atoms with E-state index < -0.39 is 8.32 Å². The van der Waals surface area contributed by atoms with Gasteiger partial charge >= 0.3 is 0 Å². The molecule has 0 aromatic heterocycles. The second-order valence-electron chi connectivity index (χ2n) is 5.01. The number of ether oxygens (including phenoxy) is 1. The van der Waals surface area contributed by atoms with E-state index >= 15 is 0 Å². The standard InChI is InChI=1S/C12H18O2Si/c1-12(2)9-7-6-8-10(13-3)11(9)15(4,5)14-12/h6-8H,1-5H3. The lowest BCUT2D eigenvalue weighted by molar-refractivity contribution is 0.116. The van der Waals surface area contributed by atoms with Gasteiger partial charge in [0.1, 0.15) is 5.75 Å². The Morgan fingerprint density at radius 2 is 1.93 bits per heavy atom. The summed E-state index contributed by atoms with van der Waals surface area (Å²) < 4.78 is 11.6. The first kappa shape index (κ1) is 10.7. The van der Waals surface area contributed by atoms with Crippen LogP contribution in [-0.4, -0.2) is 15.4 Å². The van der Waals surface area contributed by atoms with Crippen LogP contribution in [-0.2, 0) is 10.0 Å². The highest BCUT2D eigenvalue weighted by molar-refractivity contribution is 6.86. The Morgan fingerprint density at radius 1 is 1.27 bits per heavy atom. The first-order valence-corrected chi connectivity index (χ1v) is 8.17. The van der Waals surface area contributed by atoms with Crippen LogP contribution in [0.5, 0.6) is 5.75 Å². The van der Waals surface area contributed by atoms with Gasteiger partial charge in [0.25, 0.3) is 0 Å². The lowest BCUT2D eigenvalue weighted by Crippen LogP contribution is -2.41. The zero-order valence-electron chi connectivity index (χ0n) is 10.0. The van der Waals surface area contributed by atoms with Crippen molar-refractivity contribution in [3.05, 3.63) is 23.8 Å². The van der Waals surface area contributed by atoms with Crippen molar-refractivity contribution in [2.45, 2.75) is 32.5 Å². The van der Waals surface area contributed by atoms with Crippen LogP contribution in [0.25, 0.3) is 0 Å². The molecule has 0 saturated carbocycles. The van der Waals surface area contributed by atoms with Gasteiger partial charge < -0.3 is 9.16 Å². The van der Waals surface area contributed by atoms with E-state index in [0.29, 0.717) is 0 Å². The Bertz CT molecular complexity index is 397. The van der Waals surface area contributed by atoms with Crippen molar-refractivity contribution >= 4 is 13.5 Å². The van der Waals surface area contributed by atoms with E-state index in [0.717, 1.165) is 5.75 Å². The predicted octanol–water partition coefficient (Wildman–Crippen LogP) is 2.37. The molecule has 1 heterocycles. The number of methoxy groups -OCH3 is 1. The van der Waals surface area contributed by atoms with Crippen molar-refractivity contribution < 1.29 is 9.16 Å². The minimum atomic E-state index is -1.79. The van der Waals surface area contributed by atoms with Crippen molar-refractivity contribution in [2.75, 3.05) is 7.11 Å². The number of benzene rings is 1. The summed E-state index contributed by atoms with van der Waals surface area (Å²) in [5.74, 6) is 0.981. The quantitative estimate of drug-likeness (QED) is 0.679. The molecule has 0 aliphatic carbocycles. The Morgan fingerprint density at radius 3 is 2.53 bits per heavy atom. The van der Waals surface area contributed by atoms with Crippen LogP contribution in [0.4, 0.5) is 0 Å². The maximum Gasteiger partial charge on any atom is 0.223 e. The van der Waals surface area contributed by atoms with Crippen LogP contribution < -0.4 is 9.92 Å². The normalized spacial score (nSPS) is 21.1. The van der Waals surface area contributed by atoms with Gasteiger partial charge in [-0.3, -0.25) is 0 Å². The van der Waals surface area contributed by atoms with Gasteiger partial charge in [-0.1, -0.05) is 12.1 Å². The highest BCUT2D eigenvalue weighted by atomic mass is 28.4. The maximum atomic E-state index is 6.21. The summed E-state index contributed by atoms with van der Waals surface area (Å²) in [6, 6.07) is 6.22. The number of hydrogen-bond donors (Lipinski definition) is 0. The van der Waals surface area contributed by atoms with Gasteiger partial charge in [0.15, 0.2) is 0 Å². The van der Waals surface area contributed by atoms with Gasteiger partial charge in [0.2, 0.25) is 8.32 Å². The molecule has 0 atom stereocenters. The Balaban J connectivity index is 2.70. The zero-order chi connectivity index (χ0) is 11.3. The third kappa shape index (κ3) is 1.50. The van der Waals surface area contributed by atoms with Gasteiger partial charge in [-0.05, 0) is 38.6 Å². The summed E-state index contributed by atoms with van der Waals surface area (Å²) in [6.45, 7) is 8.71. The minimum Gasteiger partial charge on any atom is -0.497 e. The molecule has 0 spiro atoms. The van der Waals surface area contributed by atoms with Crippen LogP contribution in [0.15, 0.2) is 18.2 Å². The predicted molar refractivity (Wildman–Crippen MR) is 64.2 cm³/mol. The number of fused-ring (bicyclic) bond motifs is 1. The first-order valence-electron chi connectivity index (χ1n) is 5.26. The van der Waals surface area contributed by atoms with Crippen LogP contribution >= 0.6 is 0 Å². The van der Waals surface area contributed by atoms with Gasteiger partial charge in [-0.25, -0.2) is 0 Å². The Kier molecular flexibility index (Phi) is 2.21. The second kappa shape index (κ2) is 3.09. The molecule has 0 bridgehead atoms. The lowest BCUT2D eigenvalue weighted by Gasteiger charge is -2.23. The average Bonchev–Trinajstić information content (AvgIpc) is 2.33. The summed E-state index contributed by atoms with van der Waals surface area (Å²) >= 11 is 0. The van der Waals surface area contributed by atoms with Crippen molar-refractivity contribution in [3.63, 3.8) is 0 Å². The van der Waals surface area contributed by atoms with Crippen molar-refractivity contribution in [1.29, 1.82) is 0 Å². The van der Waals surface area contributed by atoms with Crippen molar-refractivity contribution in [1.82, 2.24) is 0 Å². The monoisotopic (exact) mass is 222 g/mol. The van der Waals surface area contributed by atoms with Gasteiger partial charge in [0, 0.05) is 5.19 Å². The molecule has 2 nitrogen and oxygen atoms in total. The minimum absolute atomic E-state index is 0.167. The SMILES string of the molecule is COc1cccc2c1[Si](C)(C)OC2(C)C. The smallest absolute Gasteiger partial charge is 0.223 e. The fraction of sp³-hybridized carbons (Fsp3) is 0.500. The van der Waals surface area contributed by atoms with E-state index in [-0.39, 0.29) is 5.60 Å². The number of rotatable bonds is 1. The van der Waals surface area contributed by atoms with Crippen LogP contribution in [0.3, 0.4) is 0 Å². The van der Waals surface area contributed by atoms with E-state index in [9.17, 15) is 0 Å². The van der Waals surface area contributed by atoms with Crippen LogP contribution in [0.1, 0.15) is 19.4 Å². The summed E-state index contributed by atoms with van der Waals surface area (Å²) in [5, 5.41) is 1.32. The molecule has 0 radical (unpaired) electrons. The third-order valence-electron chi connectivity index (χ3n) is 3.01. The van der Waals surface area contributed by atoms with E-state index in [4.69, 9.17) is 9.16 Å². The van der Waals surface area contributed by atoms with E-state index in [2.05, 4.69) is 33.0 Å². The van der Waals surface area contributed by atoms with Crippen molar-refractivity contribution in [3.8, 4) is 5.75 Å². The zero-order valence-corrected chi connectivity index (χ0v) is 11.0. The van der Waals surface area contributed by atoms with Gasteiger partial charge in [0.05, 0.1) is 12.7 Å². The molecule has 3 heteroatoms. The molecule has 15 heavy (non-hydrogen) atoms. The lowest BCUT2D eigenvalue weighted by atomic mass is 9.98. The third-order valence-corrected chi connectivity index (χ3v) is 5.75. The fourth-order valence-corrected chi connectivity index (χ4v) is 5.87. The number of hydrogen-bond acceptors (Lipinski definition) is 2. The largest absolute Gasteiger partial charge is 0.497 e. The molecule has 1 aromatic rings. The molecule has 0 fully saturated rings. The van der Waals surface area contributed by atoms with Crippen molar-refractivity contribution in [2.24, 2.45) is 0 Å². The Hall–Kier alpha value is -0.803. The van der Waals surface area contributed by atoms with Crippen LogP contribution in [0, 0.1) is 0 Å². The molecule has 0 unspecified atom stereocenters. The average molecular weight is 222 g/mol. The summed E-state index contributed by atoms with van der Waals surface area (Å²) in [6.07, 6.45) is 0. The highest BCUT2D eigenvalue weighted by Crippen LogP contribution is 2.37. The molecule has 2 rings (SSSR count). The molecule has 82 valence electrons. The van der Waals surface area contributed by atoms with Gasteiger partial charge in [-0.2, -0.15) is 0 Å². The molecule has 0 N–H and O–H groups in total. The second-order valence-corrected chi connectivity index (χ2v) is 8.73. The summed E-state index contributed by atoms with van der Waals surface area (Å²) in [5.41, 5.74) is 1.12. The molecule has 1 aliphatic rings. The molecule has 1 aromatic carbocycles. The highest BCUT2D eigenvalue weighted by Gasteiger charge is 2.46. The topological polar surface area (TPSA) is 18.5 Å². The van der Waals surface area contributed by atoms with Gasteiger partial charge in [-0.15, -0.1) is 0 Å². The summed E-state index contributed by atoms with van der Waals surface area (Å²) in [7, 11) is -0.0591. The molecule has 0 amide bonds. The first-order chi connectivity index (χ1) is 6.88. The molecule has 0 saturated heterocycles. The molecular formula is C12H18O2Si. The summed E-state index contributed by atoms with van der Waals surface area (Å²) in [4.78, 5) is 0. The Labute approximate surface area is 92.3 Å². The molecular weight excluding hydrogens is 204 g/mol. The van der Waals surface area contributed by atoms with Crippen LogP contribution in [0.2, 0.25) is 13.1 Å². The maximum absolute atomic E-state index is 6.21. The van der Waals surface area contributed by atoms with E-state index in [1.165, 1.54) is 10.8 Å². The van der Waals surface area contributed by atoms with E-state index in [1.54, 1.807) is 7.11 Å². The van der Waals surface area contributed by atoms with E-state index in [1.807, 2.05) is 12.1 Å².